The molecule has 0 fully saturated rings. The highest BCUT2D eigenvalue weighted by Gasteiger charge is 2.12. The third kappa shape index (κ3) is 3.16. The second-order valence-corrected chi connectivity index (χ2v) is 4.58. The van der Waals surface area contributed by atoms with Crippen LogP contribution in [0.15, 0.2) is 34.7 Å². The van der Waals surface area contributed by atoms with E-state index in [4.69, 9.17) is 21.8 Å². The minimum absolute atomic E-state index is 0.264. The van der Waals surface area contributed by atoms with Crippen molar-refractivity contribution in [3.05, 3.63) is 46.7 Å². The fraction of sp³-hybridized carbons (Fsp3) is 0.214. The smallest absolute Gasteiger partial charge is 0.287 e. The Bertz CT molecular complexity index is 593. The molecular formula is C14H15ClN2O2. The third-order valence-corrected chi connectivity index (χ3v) is 3.12. The van der Waals surface area contributed by atoms with E-state index in [-0.39, 0.29) is 11.7 Å². The lowest BCUT2D eigenvalue weighted by molar-refractivity contribution is 0.0928. The fourth-order valence-corrected chi connectivity index (χ4v) is 1.81. The molecule has 0 unspecified atom stereocenters. The topological polar surface area (TPSA) is 68.3 Å². The van der Waals surface area contributed by atoms with E-state index in [1.807, 2.05) is 25.1 Å². The Labute approximate surface area is 116 Å². The maximum absolute atomic E-state index is 11.7. The van der Waals surface area contributed by atoms with E-state index in [9.17, 15) is 4.79 Å². The average molecular weight is 279 g/mol. The van der Waals surface area contributed by atoms with Crippen molar-refractivity contribution in [1.82, 2.24) is 5.32 Å². The van der Waals surface area contributed by atoms with E-state index in [1.54, 1.807) is 12.1 Å². The molecule has 100 valence electrons. The summed E-state index contributed by atoms with van der Waals surface area (Å²) in [5.41, 5.74) is 7.16. The van der Waals surface area contributed by atoms with Crippen LogP contribution in [-0.4, -0.2) is 19.0 Å². The van der Waals surface area contributed by atoms with Gasteiger partial charge in [0.2, 0.25) is 0 Å². The van der Waals surface area contributed by atoms with Gasteiger partial charge >= 0.3 is 0 Å². The first-order valence-electron chi connectivity index (χ1n) is 5.96. The van der Waals surface area contributed by atoms with Crippen molar-refractivity contribution in [3.63, 3.8) is 0 Å². The lowest BCUT2D eigenvalue weighted by Crippen LogP contribution is -2.28. The van der Waals surface area contributed by atoms with Crippen LogP contribution in [-0.2, 0) is 0 Å². The van der Waals surface area contributed by atoms with Crippen LogP contribution in [0.1, 0.15) is 16.1 Å². The monoisotopic (exact) mass is 278 g/mol. The van der Waals surface area contributed by atoms with E-state index >= 15 is 0 Å². The summed E-state index contributed by atoms with van der Waals surface area (Å²) in [5.74, 6) is 0.606. The first-order chi connectivity index (χ1) is 9.11. The van der Waals surface area contributed by atoms with Crippen molar-refractivity contribution in [2.45, 2.75) is 6.92 Å². The average Bonchev–Trinajstić information content (AvgIpc) is 2.89. The van der Waals surface area contributed by atoms with Gasteiger partial charge in [-0.1, -0.05) is 23.7 Å². The van der Waals surface area contributed by atoms with Crippen LogP contribution >= 0.6 is 11.6 Å². The van der Waals surface area contributed by atoms with Crippen LogP contribution in [0.3, 0.4) is 0 Å². The highest BCUT2D eigenvalue weighted by molar-refractivity contribution is 6.31. The minimum atomic E-state index is -0.269. The van der Waals surface area contributed by atoms with Gasteiger partial charge in [-0.25, -0.2) is 0 Å². The zero-order valence-corrected chi connectivity index (χ0v) is 11.3. The zero-order valence-electron chi connectivity index (χ0n) is 10.6. The maximum atomic E-state index is 11.7. The molecule has 0 aliphatic heterocycles. The van der Waals surface area contributed by atoms with Crippen molar-refractivity contribution in [2.24, 2.45) is 5.73 Å². The summed E-state index contributed by atoms with van der Waals surface area (Å²) in [7, 11) is 0. The van der Waals surface area contributed by atoms with E-state index in [0.29, 0.717) is 23.9 Å². The molecule has 1 amide bonds. The van der Waals surface area contributed by atoms with Crippen LogP contribution < -0.4 is 11.1 Å². The van der Waals surface area contributed by atoms with Crippen LogP contribution in [0.2, 0.25) is 5.02 Å². The Hall–Kier alpha value is -1.78. The summed E-state index contributed by atoms with van der Waals surface area (Å²) in [4.78, 5) is 11.7. The Morgan fingerprint density at radius 1 is 1.37 bits per heavy atom. The van der Waals surface area contributed by atoms with E-state index < -0.39 is 0 Å². The van der Waals surface area contributed by atoms with Crippen molar-refractivity contribution >= 4 is 17.5 Å². The summed E-state index contributed by atoms with van der Waals surface area (Å²) in [6, 6.07) is 9.01. The molecule has 0 aliphatic carbocycles. The third-order valence-electron chi connectivity index (χ3n) is 2.72. The molecule has 1 heterocycles. The van der Waals surface area contributed by atoms with Gasteiger partial charge in [0.15, 0.2) is 5.76 Å². The van der Waals surface area contributed by atoms with E-state index in [1.165, 1.54) is 0 Å². The number of carbonyl (C=O) groups excluding carboxylic acids is 1. The molecule has 0 saturated heterocycles. The van der Waals surface area contributed by atoms with Gasteiger partial charge in [0, 0.05) is 23.7 Å². The maximum Gasteiger partial charge on any atom is 0.287 e. The molecule has 5 heteroatoms. The Balaban J connectivity index is 2.20. The van der Waals surface area contributed by atoms with Gasteiger partial charge in [0.1, 0.15) is 5.76 Å². The normalized spacial score (nSPS) is 10.5. The molecule has 0 atom stereocenters. The van der Waals surface area contributed by atoms with Gasteiger partial charge in [-0.05, 0) is 30.7 Å². The van der Waals surface area contributed by atoms with Gasteiger partial charge in [0.05, 0.1) is 0 Å². The number of nitrogens with two attached hydrogens (primary N) is 1. The van der Waals surface area contributed by atoms with Gasteiger partial charge < -0.3 is 15.5 Å². The first kappa shape index (κ1) is 13.6. The molecule has 0 bridgehead atoms. The molecule has 0 spiro atoms. The highest BCUT2D eigenvalue weighted by atomic mass is 35.5. The molecule has 2 rings (SSSR count). The van der Waals surface area contributed by atoms with Crippen molar-refractivity contribution < 1.29 is 9.21 Å². The molecule has 0 aliphatic rings. The lowest BCUT2D eigenvalue weighted by atomic mass is 10.1. The second kappa shape index (κ2) is 5.91. The Kier molecular flexibility index (Phi) is 4.24. The quantitative estimate of drug-likeness (QED) is 0.903. The van der Waals surface area contributed by atoms with Crippen LogP contribution in [0.4, 0.5) is 0 Å². The number of nitrogens with one attached hydrogen (secondary N) is 1. The number of halogens is 1. The number of carbonyl (C=O) groups is 1. The summed E-state index contributed by atoms with van der Waals surface area (Å²) in [5, 5.41) is 3.32. The molecule has 0 saturated carbocycles. The number of rotatable bonds is 4. The van der Waals surface area contributed by atoms with E-state index in [0.717, 1.165) is 11.1 Å². The molecule has 1 aromatic heterocycles. The predicted octanol–water partition coefficient (Wildman–Crippen LogP) is 2.60. The van der Waals surface area contributed by atoms with Crippen molar-refractivity contribution in [3.8, 4) is 11.3 Å². The number of hydrogen-bond donors (Lipinski definition) is 2. The minimum Gasteiger partial charge on any atom is -0.451 e. The lowest BCUT2D eigenvalue weighted by Gasteiger charge is -2.02. The number of amides is 1. The molecule has 2 aromatic rings. The summed E-state index contributed by atoms with van der Waals surface area (Å²) in [6.45, 7) is 2.75. The number of hydrogen-bond acceptors (Lipinski definition) is 3. The standard InChI is InChI=1S/C14H15ClN2O2/c1-9-2-3-10(8-11(9)15)12-4-5-13(19-12)14(18)17-7-6-16/h2-5,8H,6-7,16H2,1H3,(H,17,18). The SMILES string of the molecule is Cc1ccc(-c2ccc(C(=O)NCCN)o2)cc1Cl. The molecule has 1 aromatic carbocycles. The van der Waals surface area contributed by atoms with E-state index in [2.05, 4.69) is 5.32 Å². The number of aryl methyl sites for hydroxylation is 1. The summed E-state index contributed by atoms with van der Waals surface area (Å²) in [6.07, 6.45) is 0. The Morgan fingerprint density at radius 2 is 2.16 bits per heavy atom. The molecule has 19 heavy (non-hydrogen) atoms. The van der Waals surface area contributed by atoms with Crippen LogP contribution in [0, 0.1) is 6.92 Å². The number of furan rings is 1. The van der Waals surface area contributed by atoms with Gasteiger partial charge in [0.25, 0.3) is 5.91 Å². The summed E-state index contributed by atoms with van der Waals surface area (Å²) >= 11 is 6.07. The second-order valence-electron chi connectivity index (χ2n) is 4.17. The highest BCUT2D eigenvalue weighted by Crippen LogP contribution is 2.26. The molecular weight excluding hydrogens is 264 g/mol. The van der Waals surface area contributed by atoms with Gasteiger partial charge in [-0.15, -0.1) is 0 Å². The molecule has 4 nitrogen and oxygen atoms in total. The number of benzene rings is 1. The largest absolute Gasteiger partial charge is 0.451 e. The fourth-order valence-electron chi connectivity index (χ4n) is 1.63. The molecule has 3 N–H and O–H groups in total. The van der Waals surface area contributed by atoms with Gasteiger partial charge in [-0.2, -0.15) is 0 Å². The van der Waals surface area contributed by atoms with Gasteiger partial charge in [-0.3, -0.25) is 4.79 Å². The van der Waals surface area contributed by atoms with Crippen LogP contribution in [0.25, 0.3) is 11.3 Å². The van der Waals surface area contributed by atoms with Crippen LogP contribution in [0.5, 0.6) is 0 Å². The van der Waals surface area contributed by atoms with Crippen molar-refractivity contribution in [2.75, 3.05) is 13.1 Å². The van der Waals surface area contributed by atoms with Crippen molar-refractivity contribution in [1.29, 1.82) is 0 Å². The molecule has 0 radical (unpaired) electrons. The first-order valence-corrected chi connectivity index (χ1v) is 6.34. The Morgan fingerprint density at radius 3 is 2.84 bits per heavy atom. The summed E-state index contributed by atoms with van der Waals surface area (Å²) < 4.78 is 5.51. The zero-order chi connectivity index (χ0) is 13.8. The predicted molar refractivity (Wildman–Crippen MR) is 75.3 cm³/mol.